The van der Waals surface area contributed by atoms with Crippen molar-refractivity contribution in [3.8, 4) is 5.69 Å². The number of rotatable bonds is 3. The lowest BCUT2D eigenvalue weighted by molar-refractivity contribution is 0.556. The molecule has 1 fully saturated rings. The number of aromatic nitrogens is 2. The quantitative estimate of drug-likeness (QED) is 0.593. The molecule has 3 rings (SSSR count). The van der Waals surface area contributed by atoms with Gasteiger partial charge >= 0.3 is 0 Å². The highest BCUT2D eigenvalue weighted by molar-refractivity contribution is 5.44. The third-order valence-corrected chi connectivity index (χ3v) is 3.19. The molecule has 0 bridgehead atoms. The minimum atomic E-state index is -0.283. The van der Waals surface area contributed by atoms with Crippen LogP contribution < -0.4 is 0 Å². The van der Waals surface area contributed by atoms with E-state index in [2.05, 4.69) is 9.98 Å². The van der Waals surface area contributed by atoms with Crippen LogP contribution in [-0.2, 0) is 10.3 Å². The Bertz CT molecular complexity index is 561. The van der Waals surface area contributed by atoms with Gasteiger partial charge in [-0.05, 0) is 30.5 Å². The van der Waals surface area contributed by atoms with Crippen LogP contribution in [0.1, 0.15) is 18.4 Å². The molecule has 1 aliphatic rings. The van der Waals surface area contributed by atoms with E-state index in [9.17, 15) is 4.79 Å². The van der Waals surface area contributed by atoms with Crippen LogP contribution in [0, 0.1) is 0 Å². The first kappa shape index (κ1) is 10.00. The van der Waals surface area contributed by atoms with E-state index in [-0.39, 0.29) is 5.54 Å². The first-order valence-corrected chi connectivity index (χ1v) is 5.52. The number of hydrogen-bond donors (Lipinski definition) is 0. The van der Waals surface area contributed by atoms with Gasteiger partial charge in [-0.15, -0.1) is 0 Å². The maximum Gasteiger partial charge on any atom is 0.235 e. The number of nitrogens with zero attached hydrogens (tertiary/aromatic N) is 3. The van der Waals surface area contributed by atoms with Gasteiger partial charge in [0.2, 0.25) is 6.08 Å². The Hall–Kier alpha value is -2.19. The Morgan fingerprint density at radius 2 is 2.06 bits per heavy atom. The Kier molecular flexibility index (Phi) is 2.16. The molecule has 0 atom stereocenters. The number of isocyanates is 1. The van der Waals surface area contributed by atoms with Crippen LogP contribution in [0.3, 0.4) is 0 Å². The van der Waals surface area contributed by atoms with Crippen LogP contribution in [0.5, 0.6) is 0 Å². The summed E-state index contributed by atoms with van der Waals surface area (Å²) in [6, 6.07) is 8.06. The SMILES string of the molecule is O=C=NC1(c2ccc(-n3ccnc3)cc2)CC1. The second-order valence-electron chi connectivity index (χ2n) is 4.25. The van der Waals surface area contributed by atoms with Gasteiger partial charge in [0, 0.05) is 18.1 Å². The highest BCUT2D eigenvalue weighted by Crippen LogP contribution is 2.49. The highest BCUT2D eigenvalue weighted by atomic mass is 16.1. The molecule has 0 amide bonds. The molecule has 1 aromatic carbocycles. The van der Waals surface area contributed by atoms with E-state index in [1.807, 2.05) is 35.0 Å². The molecule has 0 spiro atoms. The molecule has 1 aromatic heterocycles. The lowest BCUT2D eigenvalue weighted by atomic mass is 10.1. The Morgan fingerprint density at radius 3 is 2.59 bits per heavy atom. The fourth-order valence-electron chi connectivity index (χ4n) is 2.03. The smallest absolute Gasteiger partial charge is 0.235 e. The summed E-state index contributed by atoms with van der Waals surface area (Å²) in [5.74, 6) is 0. The lowest BCUT2D eigenvalue weighted by Gasteiger charge is -2.09. The number of benzene rings is 1. The Balaban J connectivity index is 1.93. The van der Waals surface area contributed by atoms with Gasteiger partial charge in [0.25, 0.3) is 0 Å². The number of carbonyl (C=O) groups excluding carboxylic acids is 1. The standard InChI is InChI=1S/C13H11N3O/c17-10-15-13(5-6-13)11-1-3-12(4-2-11)16-8-7-14-9-16/h1-4,7-9H,5-6H2. The first-order valence-electron chi connectivity index (χ1n) is 5.52. The van der Waals surface area contributed by atoms with Crippen LogP contribution in [-0.4, -0.2) is 15.6 Å². The van der Waals surface area contributed by atoms with Gasteiger partial charge < -0.3 is 4.57 Å². The zero-order valence-electron chi connectivity index (χ0n) is 9.21. The van der Waals surface area contributed by atoms with Crippen molar-refractivity contribution in [2.45, 2.75) is 18.4 Å². The molecule has 0 saturated heterocycles. The molecule has 1 saturated carbocycles. The number of hydrogen-bond acceptors (Lipinski definition) is 3. The molecule has 0 unspecified atom stereocenters. The molecule has 84 valence electrons. The average molecular weight is 225 g/mol. The zero-order chi connectivity index (χ0) is 11.7. The van der Waals surface area contributed by atoms with Gasteiger partial charge in [-0.3, -0.25) is 0 Å². The van der Waals surface area contributed by atoms with E-state index in [1.165, 1.54) is 0 Å². The minimum absolute atomic E-state index is 0.283. The summed E-state index contributed by atoms with van der Waals surface area (Å²) in [5, 5.41) is 0. The molecule has 4 heteroatoms. The number of imidazole rings is 1. The van der Waals surface area contributed by atoms with Crippen molar-refractivity contribution < 1.29 is 4.79 Å². The van der Waals surface area contributed by atoms with Crippen molar-refractivity contribution in [3.63, 3.8) is 0 Å². The molecule has 0 aliphatic heterocycles. The molecule has 1 heterocycles. The van der Waals surface area contributed by atoms with Gasteiger partial charge in [0.05, 0.1) is 11.9 Å². The summed E-state index contributed by atoms with van der Waals surface area (Å²) in [5.41, 5.74) is 1.86. The van der Waals surface area contributed by atoms with Crippen LogP contribution >= 0.6 is 0 Å². The van der Waals surface area contributed by atoms with Gasteiger partial charge in [0.15, 0.2) is 0 Å². The second-order valence-corrected chi connectivity index (χ2v) is 4.25. The van der Waals surface area contributed by atoms with E-state index in [1.54, 1.807) is 18.6 Å². The summed E-state index contributed by atoms with van der Waals surface area (Å²) >= 11 is 0. The predicted octanol–water partition coefficient (Wildman–Crippen LogP) is 2.20. The Labute approximate surface area is 98.6 Å². The zero-order valence-corrected chi connectivity index (χ0v) is 9.21. The van der Waals surface area contributed by atoms with Crippen molar-refractivity contribution in [3.05, 3.63) is 48.5 Å². The van der Waals surface area contributed by atoms with Crippen molar-refractivity contribution >= 4 is 6.08 Å². The highest BCUT2D eigenvalue weighted by Gasteiger charge is 2.44. The summed E-state index contributed by atoms with van der Waals surface area (Å²) < 4.78 is 1.94. The first-order chi connectivity index (χ1) is 8.34. The molecule has 4 nitrogen and oxygen atoms in total. The normalized spacial score (nSPS) is 16.2. The topological polar surface area (TPSA) is 47.2 Å². The Morgan fingerprint density at radius 1 is 1.29 bits per heavy atom. The van der Waals surface area contributed by atoms with Gasteiger partial charge in [0.1, 0.15) is 0 Å². The monoisotopic (exact) mass is 225 g/mol. The fourth-order valence-corrected chi connectivity index (χ4v) is 2.03. The van der Waals surface area contributed by atoms with Crippen molar-refractivity contribution in [1.82, 2.24) is 9.55 Å². The predicted molar refractivity (Wildman–Crippen MR) is 62.6 cm³/mol. The van der Waals surface area contributed by atoms with Crippen LogP contribution in [0.15, 0.2) is 48.0 Å². The van der Waals surface area contributed by atoms with Crippen LogP contribution in [0.4, 0.5) is 0 Å². The van der Waals surface area contributed by atoms with Gasteiger partial charge in [-0.2, -0.15) is 4.99 Å². The van der Waals surface area contributed by atoms with Crippen molar-refractivity contribution in [2.24, 2.45) is 4.99 Å². The van der Waals surface area contributed by atoms with Crippen molar-refractivity contribution in [2.75, 3.05) is 0 Å². The van der Waals surface area contributed by atoms with E-state index in [4.69, 9.17) is 0 Å². The van der Waals surface area contributed by atoms with Gasteiger partial charge in [-0.1, -0.05) is 12.1 Å². The van der Waals surface area contributed by atoms with E-state index in [0.717, 1.165) is 24.1 Å². The molecule has 1 aliphatic carbocycles. The lowest BCUT2D eigenvalue weighted by Crippen LogP contribution is -2.02. The molecule has 17 heavy (non-hydrogen) atoms. The van der Waals surface area contributed by atoms with E-state index in [0.29, 0.717) is 0 Å². The summed E-state index contributed by atoms with van der Waals surface area (Å²) in [6.07, 6.45) is 8.94. The summed E-state index contributed by atoms with van der Waals surface area (Å²) in [7, 11) is 0. The van der Waals surface area contributed by atoms with E-state index >= 15 is 0 Å². The van der Waals surface area contributed by atoms with Crippen LogP contribution in [0.25, 0.3) is 5.69 Å². The second kappa shape index (κ2) is 3.68. The maximum atomic E-state index is 10.4. The number of aliphatic imine (C=N–C) groups is 1. The third-order valence-electron chi connectivity index (χ3n) is 3.19. The molecule has 0 N–H and O–H groups in total. The third kappa shape index (κ3) is 1.69. The molecule has 2 aromatic rings. The molecular formula is C13H11N3O. The van der Waals surface area contributed by atoms with E-state index < -0.39 is 0 Å². The summed E-state index contributed by atoms with van der Waals surface area (Å²) in [6.45, 7) is 0. The minimum Gasteiger partial charge on any atom is -0.306 e. The maximum absolute atomic E-state index is 10.4. The average Bonchev–Trinajstić information content (AvgIpc) is 2.94. The van der Waals surface area contributed by atoms with Crippen molar-refractivity contribution in [1.29, 1.82) is 0 Å². The molecule has 0 radical (unpaired) electrons. The fraction of sp³-hybridized carbons (Fsp3) is 0.231. The van der Waals surface area contributed by atoms with Crippen LogP contribution in [0.2, 0.25) is 0 Å². The largest absolute Gasteiger partial charge is 0.306 e. The summed E-state index contributed by atoms with van der Waals surface area (Å²) in [4.78, 5) is 18.3. The molecular weight excluding hydrogens is 214 g/mol. The van der Waals surface area contributed by atoms with Gasteiger partial charge in [-0.25, -0.2) is 9.78 Å².